The van der Waals surface area contributed by atoms with E-state index in [-0.39, 0.29) is 28.4 Å². The predicted octanol–water partition coefficient (Wildman–Crippen LogP) is 3.86. The number of carbonyl (C=O) groups is 3. The number of methoxy groups -OCH3 is 1. The first kappa shape index (κ1) is 23.9. The minimum Gasteiger partial charge on any atom is -0.489 e. The number of benzene rings is 2. The van der Waals surface area contributed by atoms with Crippen molar-refractivity contribution in [3.63, 3.8) is 0 Å². The van der Waals surface area contributed by atoms with Gasteiger partial charge in [0.05, 0.1) is 12.7 Å². The summed E-state index contributed by atoms with van der Waals surface area (Å²) < 4.78 is 11.1. The van der Waals surface area contributed by atoms with Crippen molar-refractivity contribution in [1.29, 1.82) is 0 Å². The molecule has 0 spiro atoms. The van der Waals surface area contributed by atoms with Crippen molar-refractivity contribution in [2.75, 3.05) is 20.2 Å². The molecule has 2 heterocycles. The molecular formula is C29H30N2O5. The monoisotopic (exact) mass is 486 g/mol. The largest absolute Gasteiger partial charge is 0.489 e. The second kappa shape index (κ2) is 9.30. The number of rotatable bonds is 5. The van der Waals surface area contributed by atoms with Crippen LogP contribution in [0.3, 0.4) is 0 Å². The molecule has 1 amide bonds. The molecule has 7 heteroatoms. The number of fused-ring (bicyclic) bond motifs is 2. The third-order valence-electron chi connectivity index (χ3n) is 7.03. The maximum atomic E-state index is 13.6. The van der Waals surface area contributed by atoms with Crippen LogP contribution in [0, 0.1) is 5.41 Å². The molecule has 1 saturated heterocycles. The van der Waals surface area contributed by atoms with Gasteiger partial charge in [0.1, 0.15) is 18.1 Å². The van der Waals surface area contributed by atoms with Gasteiger partial charge in [-0.15, -0.1) is 0 Å². The summed E-state index contributed by atoms with van der Waals surface area (Å²) in [6.07, 6.45) is 1.03. The molecule has 7 nitrogen and oxygen atoms in total. The topological polar surface area (TPSA) is 84.9 Å². The molecule has 2 aromatic carbocycles. The van der Waals surface area contributed by atoms with Crippen molar-refractivity contribution in [1.82, 2.24) is 10.2 Å². The fourth-order valence-electron chi connectivity index (χ4n) is 5.44. The summed E-state index contributed by atoms with van der Waals surface area (Å²) in [5.74, 6) is -0.938. The number of hydrogen-bond donors (Lipinski definition) is 1. The fourth-order valence-corrected chi connectivity index (χ4v) is 5.44. The lowest BCUT2D eigenvalue weighted by Crippen LogP contribution is -2.51. The van der Waals surface area contributed by atoms with E-state index < -0.39 is 11.9 Å². The highest BCUT2D eigenvalue weighted by molar-refractivity contribution is 6.09. The van der Waals surface area contributed by atoms with Gasteiger partial charge in [0.2, 0.25) is 0 Å². The molecule has 1 fully saturated rings. The van der Waals surface area contributed by atoms with Crippen molar-refractivity contribution >= 4 is 17.7 Å². The molecule has 1 aliphatic carbocycles. The van der Waals surface area contributed by atoms with Gasteiger partial charge in [-0.1, -0.05) is 56.3 Å². The predicted molar refractivity (Wildman–Crippen MR) is 134 cm³/mol. The maximum Gasteiger partial charge on any atom is 0.337 e. The summed E-state index contributed by atoms with van der Waals surface area (Å²) in [5.41, 5.74) is 3.48. The van der Waals surface area contributed by atoms with Crippen LogP contribution in [0.5, 0.6) is 5.75 Å². The van der Waals surface area contributed by atoms with Gasteiger partial charge in [-0.3, -0.25) is 9.59 Å². The second-order valence-electron chi connectivity index (χ2n) is 10.2. The van der Waals surface area contributed by atoms with Crippen LogP contribution in [0.15, 0.2) is 77.1 Å². The molecule has 0 radical (unpaired) electrons. The number of nitrogens with one attached hydrogen (secondary N) is 1. The summed E-state index contributed by atoms with van der Waals surface area (Å²) in [4.78, 5) is 41.7. The Morgan fingerprint density at radius 3 is 2.47 bits per heavy atom. The fraction of sp³-hybridized carbons (Fsp3) is 0.345. The molecule has 0 aromatic heterocycles. The zero-order chi connectivity index (χ0) is 25.4. The van der Waals surface area contributed by atoms with Crippen LogP contribution in [-0.2, 0) is 25.7 Å². The van der Waals surface area contributed by atoms with E-state index in [2.05, 4.69) is 19.2 Å². The molecule has 0 unspecified atom stereocenters. The lowest BCUT2D eigenvalue weighted by molar-refractivity contribution is -0.137. The van der Waals surface area contributed by atoms with Crippen molar-refractivity contribution in [2.24, 2.45) is 5.41 Å². The van der Waals surface area contributed by atoms with E-state index in [1.807, 2.05) is 59.5 Å². The molecule has 36 heavy (non-hydrogen) atoms. The summed E-state index contributed by atoms with van der Waals surface area (Å²) in [6.45, 7) is 5.50. The number of hydrogen-bond acceptors (Lipinski definition) is 6. The van der Waals surface area contributed by atoms with Crippen molar-refractivity contribution < 1.29 is 23.9 Å². The molecule has 0 saturated carbocycles. The van der Waals surface area contributed by atoms with Gasteiger partial charge in [-0.05, 0) is 35.1 Å². The van der Waals surface area contributed by atoms with E-state index in [1.165, 1.54) is 7.11 Å². The zero-order valence-electron chi connectivity index (χ0n) is 20.8. The molecular weight excluding hydrogens is 456 g/mol. The number of piperazine rings is 1. The first-order chi connectivity index (χ1) is 17.3. The van der Waals surface area contributed by atoms with Crippen LogP contribution in [0.25, 0.3) is 0 Å². The normalized spacial score (nSPS) is 21.0. The molecule has 1 N–H and O–H groups in total. The first-order valence-electron chi connectivity index (χ1n) is 12.2. The lowest BCUT2D eigenvalue weighted by atomic mass is 9.68. The average Bonchev–Trinajstić information content (AvgIpc) is 2.87. The quantitative estimate of drug-likeness (QED) is 0.646. The number of allylic oxidation sites excluding steroid dienone is 2. The number of ether oxygens (including phenoxy) is 2. The molecule has 3 aliphatic rings. The highest BCUT2D eigenvalue weighted by Gasteiger charge is 2.48. The standard InChI is InChI=1S/C29H30N2O5/c1-29(2)15-21-24(22(32)16-29)23(25(28(34)35-3)26-27(33)30-13-14-31(21)26)19-9-11-20(12-10-19)36-17-18-7-5-4-6-8-18/h4-12,23H,13-17H2,1-3H3,(H,30,33)/t23-/m1/s1. The summed E-state index contributed by atoms with van der Waals surface area (Å²) in [7, 11) is 1.30. The molecule has 186 valence electrons. The van der Waals surface area contributed by atoms with Crippen LogP contribution in [0.1, 0.15) is 43.7 Å². The van der Waals surface area contributed by atoms with E-state index in [0.717, 1.165) is 16.8 Å². The Kier molecular flexibility index (Phi) is 6.16. The van der Waals surface area contributed by atoms with Crippen LogP contribution < -0.4 is 10.1 Å². The number of carbonyl (C=O) groups excluding carboxylic acids is 3. The molecule has 1 atom stereocenters. The van der Waals surface area contributed by atoms with E-state index in [4.69, 9.17) is 9.47 Å². The summed E-state index contributed by atoms with van der Waals surface area (Å²) in [6, 6.07) is 17.3. The highest BCUT2D eigenvalue weighted by Crippen LogP contribution is 2.50. The number of ketones is 1. The van der Waals surface area contributed by atoms with Gasteiger partial charge in [0, 0.05) is 36.7 Å². The Hall–Kier alpha value is -3.87. The third kappa shape index (κ3) is 4.30. The molecule has 0 bridgehead atoms. The molecule has 2 aromatic rings. The van der Waals surface area contributed by atoms with Crippen LogP contribution in [-0.4, -0.2) is 42.8 Å². The Morgan fingerprint density at radius 2 is 1.78 bits per heavy atom. The highest BCUT2D eigenvalue weighted by atomic mass is 16.5. The van der Waals surface area contributed by atoms with Gasteiger partial charge in [-0.25, -0.2) is 4.79 Å². The van der Waals surface area contributed by atoms with Gasteiger partial charge in [-0.2, -0.15) is 0 Å². The molecule has 5 rings (SSSR count). The third-order valence-corrected chi connectivity index (χ3v) is 7.03. The second-order valence-corrected chi connectivity index (χ2v) is 10.2. The van der Waals surface area contributed by atoms with E-state index in [1.54, 1.807) is 0 Å². The molecule has 2 aliphatic heterocycles. The van der Waals surface area contributed by atoms with Crippen LogP contribution in [0.4, 0.5) is 0 Å². The summed E-state index contributed by atoms with van der Waals surface area (Å²) in [5, 5.41) is 2.86. The maximum absolute atomic E-state index is 13.6. The minimum atomic E-state index is -0.686. The van der Waals surface area contributed by atoms with E-state index >= 15 is 0 Å². The first-order valence-corrected chi connectivity index (χ1v) is 12.2. The zero-order valence-corrected chi connectivity index (χ0v) is 20.8. The number of amides is 1. The number of Topliss-reactive ketones (excluding diaryl/α,β-unsaturated/α-hetero) is 1. The van der Waals surface area contributed by atoms with Gasteiger partial charge in [0.25, 0.3) is 5.91 Å². The Bertz CT molecular complexity index is 1270. The Balaban J connectivity index is 1.58. The minimum absolute atomic E-state index is 0.00193. The lowest BCUT2D eigenvalue weighted by Gasteiger charge is -2.46. The van der Waals surface area contributed by atoms with E-state index in [0.29, 0.717) is 43.9 Å². The number of esters is 1. The van der Waals surface area contributed by atoms with Crippen molar-refractivity contribution in [3.05, 3.63) is 88.3 Å². The smallest absolute Gasteiger partial charge is 0.337 e. The Morgan fingerprint density at radius 1 is 1.06 bits per heavy atom. The van der Waals surface area contributed by atoms with Gasteiger partial charge >= 0.3 is 5.97 Å². The van der Waals surface area contributed by atoms with E-state index in [9.17, 15) is 14.4 Å². The van der Waals surface area contributed by atoms with Gasteiger partial charge < -0.3 is 19.7 Å². The van der Waals surface area contributed by atoms with Crippen LogP contribution >= 0.6 is 0 Å². The Labute approximate surface area is 210 Å². The van der Waals surface area contributed by atoms with Crippen LogP contribution in [0.2, 0.25) is 0 Å². The van der Waals surface area contributed by atoms with Gasteiger partial charge in [0.15, 0.2) is 5.78 Å². The number of nitrogens with zero attached hydrogens (tertiary/aromatic N) is 1. The SMILES string of the molecule is COC(=O)C1=C2C(=O)NCCN2C2=C(C(=O)CC(C)(C)C2)[C@H]1c1ccc(OCc2ccccc2)cc1. The average molecular weight is 487 g/mol. The van der Waals surface area contributed by atoms with Crippen molar-refractivity contribution in [3.8, 4) is 5.75 Å². The van der Waals surface area contributed by atoms with Crippen molar-refractivity contribution in [2.45, 2.75) is 39.2 Å². The summed E-state index contributed by atoms with van der Waals surface area (Å²) >= 11 is 0.